The highest BCUT2D eigenvalue weighted by Gasteiger charge is 2.22. The van der Waals surface area contributed by atoms with Gasteiger partial charge in [-0.05, 0) is 57.6 Å². The van der Waals surface area contributed by atoms with Gasteiger partial charge in [-0.25, -0.2) is 9.97 Å². The highest BCUT2D eigenvalue weighted by atomic mass is 15.1. The monoisotopic (exact) mass is 359 g/mol. The molecule has 1 aliphatic heterocycles. The second-order valence-corrected chi connectivity index (χ2v) is 7.33. The zero-order valence-corrected chi connectivity index (χ0v) is 15.9. The van der Waals surface area contributed by atoms with Gasteiger partial charge in [-0.15, -0.1) is 0 Å². The molecular formula is C22H25N5. The first-order valence-corrected chi connectivity index (χ1v) is 9.49. The lowest BCUT2D eigenvalue weighted by Crippen LogP contribution is -2.31. The van der Waals surface area contributed by atoms with E-state index in [2.05, 4.69) is 53.4 Å². The summed E-state index contributed by atoms with van der Waals surface area (Å²) in [5.74, 6) is 2.10. The Morgan fingerprint density at radius 3 is 2.70 bits per heavy atom. The van der Waals surface area contributed by atoms with E-state index in [1.807, 2.05) is 24.4 Å². The Balaban J connectivity index is 1.70. The molecule has 4 rings (SSSR count). The summed E-state index contributed by atoms with van der Waals surface area (Å²) in [6.07, 6.45) is 5.95. The molecule has 3 aromatic rings. The molecule has 1 saturated heterocycles. The van der Waals surface area contributed by atoms with Gasteiger partial charge in [-0.2, -0.15) is 0 Å². The van der Waals surface area contributed by atoms with E-state index >= 15 is 0 Å². The molecule has 27 heavy (non-hydrogen) atoms. The molecule has 1 atom stereocenters. The molecule has 3 heterocycles. The summed E-state index contributed by atoms with van der Waals surface area (Å²) in [5.41, 5.74) is 4.20. The van der Waals surface area contributed by atoms with Crippen LogP contribution in [0.1, 0.15) is 30.1 Å². The van der Waals surface area contributed by atoms with Crippen molar-refractivity contribution in [3.63, 3.8) is 0 Å². The number of hydrogen-bond donors (Lipinski definition) is 1. The van der Waals surface area contributed by atoms with Crippen molar-refractivity contribution in [1.82, 2.24) is 19.9 Å². The summed E-state index contributed by atoms with van der Waals surface area (Å²) >= 11 is 0. The predicted octanol–water partition coefficient (Wildman–Crippen LogP) is 4.40. The Labute approximate surface area is 160 Å². The molecule has 1 unspecified atom stereocenters. The zero-order chi connectivity index (χ0) is 18.6. The summed E-state index contributed by atoms with van der Waals surface area (Å²) < 4.78 is 0. The van der Waals surface area contributed by atoms with Crippen LogP contribution in [0.5, 0.6) is 0 Å². The van der Waals surface area contributed by atoms with E-state index in [9.17, 15) is 0 Å². The first kappa shape index (κ1) is 17.6. The summed E-state index contributed by atoms with van der Waals surface area (Å²) in [4.78, 5) is 16.4. The molecule has 1 fully saturated rings. The minimum atomic E-state index is 0.360. The molecule has 1 aromatic carbocycles. The van der Waals surface area contributed by atoms with Gasteiger partial charge in [0, 0.05) is 42.2 Å². The smallest absolute Gasteiger partial charge is 0.135 e. The van der Waals surface area contributed by atoms with Gasteiger partial charge in [0.25, 0.3) is 0 Å². The standard InChI is InChI=1S/C22H25N5/c1-16-7-9-19(10-8-16)24-21-13-20(17-5-3-11-23-14-17)25-22(26-21)18-6-4-12-27(2)15-18/h3,5,7-11,13-14,18H,4,6,12,15H2,1-2H3,(H,24,25,26). The van der Waals surface area contributed by atoms with Gasteiger partial charge in [0.2, 0.25) is 0 Å². The van der Waals surface area contributed by atoms with Crippen LogP contribution in [0.25, 0.3) is 11.3 Å². The van der Waals surface area contributed by atoms with Crippen molar-refractivity contribution in [1.29, 1.82) is 0 Å². The number of hydrogen-bond acceptors (Lipinski definition) is 5. The summed E-state index contributed by atoms with van der Waals surface area (Å²) in [5, 5.41) is 3.45. The molecule has 1 N–H and O–H groups in total. The van der Waals surface area contributed by atoms with Gasteiger partial charge < -0.3 is 10.2 Å². The van der Waals surface area contributed by atoms with Crippen LogP contribution in [-0.4, -0.2) is 40.0 Å². The molecular weight excluding hydrogens is 334 g/mol. The van der Waals surface area contributed by atoms with E-state index in [1.54, 1.807) is 6.20 Å². The Hall–Kier alpha value is -2.79. The zero-order valence-electron chi connectivity index (χ0n) is 15.9. The minimum Gasteiger partial charge on any atom is -0.340 e. The van der Waals surface area contributed by atoms with E-state index in [0.29, 0.717) is 5.92 Å². The topological polar surface area (TPSA) is 53.9 Å². The van der Waals surface area contributed by atoms with Crippen LogP contribution in [0.2, 0.25) is 0 Å². The van der Waals surface area contributed by atoms with Gasteiger partial charge >= 0.3 is 0 Å². The number of nitrogens with zero attached hydrogens (tertiary/aromatic N) is 4. The van der Waals surface area contributed by atoms with Crippen LogP contribution >= 0.6 is 0 Å². The molecule has 1 aliphatic rings. The first-order valence-electron chi connectivity index (χ1n) is 9.49. The van der Waals surface area contributed by atoms with Crippen molar-refractivity contribution in [3.05, 3.63) is 66.2 Å². The van der Waals surface area contributed by atoms with Crippen LogP contribution in [0, 0.1) is 6.92 Å². The van der Waals surface area contributed by atoms with E-state index < -0.39 is 0 Å². The molecule has 0 amide bonds. The largest absolute Gasteiger partial charge is 0.340 e. The number of pyridine rings is 1. The Bertz CT molecular complexity index is 892. The fraction of sp³-hybridized carbons (Fsp3) is 0.318. The quantitative estimate of drug-likeness (QED) is 0.748. The maximum atomic E-state index is 4.90. The highest BCUT2D eigenvalue weighted by molar-refractivity contribution is 5.65. The number of benzene rings is 1. The molecule has 0 bridgehead atoms. The van der Waals surface area contributed by atoms with E-state index in [-0.39, 0.29) is 0 Å². The van der Waals surface area contributed by atoms with Crippen LogP contribution in [0.15, 0.2) is 54.9 Å². The molecule has 0 aliphatic carbocycles. The third kappa shape index (κ3) is 4.31. The summed E-state index contributed by atoms with van der Waals surface area (Å²) in [6, 6.07) is 14.4. The second kappa shape index (κ2) is 7.84. The van der Waals surface area contributed by atoms with Crippen molar-refractivity contribution in [2.75, 3.05) is 25.5 Å². The van der Waals surface area contributed by atoms with E-state index in [1.165, 1.54) is 12.0 Å². The summed E-state index contributed by atoms with van der Waals surface area (Å²) in [6.45, 7) is 4.24. The van der Waals surface area contributed by atoms with Gasteiger partial charge in [-0.3, -0.25) is 4.98 Å². The normalized spacial score (nSPS) is 17.6. The Morgan fingerprint density at radius 1 is 1.11 bits per heavy atom. The Morgan fingerprint density at radius 2 is 1.96 bits per heavy atom. The van der Waals surface area contributed by atoms with E-state index in [0.717, 1.165) is 48.1 Å². The average molecular weight is 359 g/mol. The van der Waals surface area contributed by atoms with Gasteiger partial charge in [-0.1, -0.05) is 17.7 Å². The highest BCUT2D eigenvalue weighted by Crippen LogP contribution is 2.28. The van der Waals surface area contributed by atoms with Gasteiger partial charge in [0.15, 0.2) is 0 Å². The number of piperidine rings is 1. The maximum absolute atomic E-state index is 4.90. The number of nitrogens with one attached hydrogen (secondary N) is 1. The van der Waals surface area contributed by atoms with Crippen molar-refractivity contribution in [2.24, 2.45) is 0 Å². The number of aromatic nitrogens is 3. The van der Waals surface area contributed by atoms with Crippen LogP contribution in [0.4, 0.5) is 11.5 Å². The number of anilines is 2. The third-order valence-electron chi connectivity index (χ3n) is 5.01. The number of likely N-dealkylation sites (N-methyl/N-ethyl adjacent to an activating group) is 1. The molecule has 2 aromatic heterocycles. The third-order valence-corrected chi connectivity index (χ3v) is 5.01. The van der Waals surface area contributed by atoms with Gasteiger partial charge in [0.1, 0.15) is 11.6 Å². The minimum absolute atomic E-state index is 0.360. The number of aryl methyl sites for hydroxylation is 1. The second-order valence-electron chi connectivity index (χ2n) is 7.33. The van der Waals surface area contributed by atoms with Crippen LogP contribution in [0.3, 0.4) is 0 Å². The number of rotatable bonds is 4. The molecule has 0 spiro atoms. The van der Waals surface area contributed by atoms with Crippen molar-refractivity contribution in [2.45, 2.75) is 25.7 Å². The average Bonchev–Trinajstić information content (AvgIpc) is 2.70. The lowest BCUT2D eigenvalue weighted by atomic mass is 9.97. The van der Waals surface area contributed by atoms with Crippen molar-refractivity contribution in [3.8, 4) is 11.3 Å². The molecule has 138 valence electrons. The fourth-order valence-electron chi connectivity index (χ4n) is 3.54. The maximum Gasteiger partial charge on any atom is 0.135 e. The van der Waals surface area contributed by atoms with Crippen molar-refractivity contribution >= 4 is 11.5 Å². The number of likely N-dealkylation sites (tertiary alicyclic amines) is 1. The van der Waals surface area contributed by atoms with Crippen LogP contribution in [-0.2, 0) is 0 Å². The molecule has 5 heteroatoms. The SMILES string of the molecule is Cc1ccc(Nc2cc(-c3cccnc3)nc(C3CCCN(C)C3)n2)cc1. The first-order chi connectivity index (χ1) is 13.2. The molecule has 5 nitrogen and oxygen atoms in total. The molecule has 0 radical (unpaired) electrons. The predicted molar refractivity (Wildman–Crippen MR) is 109 cm³/mol. The van der Waals surface area contributed by atoms with Gasteiger partial charge in [0.05, 0.1) is 5.69 Å². The Kier molecular flexibility index (Phi) is 5.12. The lowest BCUT2D eigenvalue weighted by molar-refractivity contribution is 0.246. The fourth-order valence-corrected chi connectivity index (χ4v) is 3.54. The summed E-state index contributed by atoms with van der Waals surface area (Å²) in [7, 11) is 2.17. The molecule has 0 saturated carbocycles. The van der Waals surface area contributed by atoms with Crippen LogP contribution < -0.4 is 5.32 Å². The van der Waals surface area contributed by atoms with Crippen molar-refractivity contribution < 1.29 is 0 Å². The van der Waals surface area contributed by atoms with E-state index in [4.69, 9.17) is 9.97 Å². The lowest BCUT2D eigenvalue weighted by Gasteiger charge is -2.29.